The highest BCUT2D eigenvalue weighted by atomic mass is 16.5. The van der Waals surface area contributed by atoms with Crippen molar-refractivity contribution in [2.75, 3.05) is 26.9 Å². The van der Waals surface area contributed by atoms with E-state index in [0.29, 0.717) is 13.1 Å². The van der Waals surface area contributed by atoms with Crippen molar-refractivity contribution in [3.05, 3.63) is 29.3 Å². The first-order valence-corrected chi connectivity index (χ1v) is 7.43. The van der Waals surface area contributed by atoms with Gasteiger partial charge in [0.15, 0.2) is 0 Å². The fourth-order valence-corrected chi connectivity index (χ4v) is 2.51. The molecule has 1 aliphatic heterocycles. The Bertz CT molecular complexity index is 490. The van der Waals surface area contributed by atoms with E-state index in [1.165, 1.54) is 11.1 Å². The van der Waals surface area contributed by atoms with Crippen LogP contribution in [0.25, 0.3) is 0 Å². The molecule has 1 aromatic rings. The number of hydrogen-bond acceptors (Lipinski definition) is 4. The van der Waals surface area contributed by atoms with Gasteiger partial charge in [-0.15, -0.1) is 0 Å². The lowest BCUT2D eigenvalue weighted by Crippen LogP contribution is -2.47. The van der Waals surface area contributed by atoms with Crippen molar-refractivity contribution < 1.29 is 14.3 Å². The van der Waals surface area contributed by atoms with E-state index >= 15 is 0 Å². The number of carbonyl (C=O) groups is 1. The summed E-state index contributed by atoms with van der Waals surface area (Å²) >= 11 is 0. The maximum atomic E-state index is 12.2. The second-order valence-corrected chi connectivity index (χ2v) is 5.35. The Morgan fingerprint density at radius 1 is 1.43 bits per heavy atom. The standard InChI is InChI=1S/C16H24N2O3/c1-3-8-21-14-5-4-13-10-18(7-6-12(13)9-14)16(19)15(17)11-20-2/h4-5,9,15H,3,6-8,10-11,17H2,1-2H3. The largest absolute Gasteiger partial charge is 0.494 e. The molecule has 1 heterocycles. The van der Waals surface area contributed by atoms with Crippen molar-refractivity contribution in [3.63, 3.8) is 0 Å². The van der Waals surface area contributed by atoms with Gasteiger partial charge in [0.2, 0.25) is 5.91 Å². The van der Waals surface area contributed by atoms with Crippen LogP contribution < -0.4 is 10.5 Å². The van der Waals surface area contributed by atoms with Crippen molar-refractivity contribution in [3.8, 4) is 5.75 Å². The number of nitrogens with two attached hydrogens (primary N) is 1. The lowest BCUT2D eigenvalue weighted by molar-refractivity contribution is -0.134. The molecule has 2 N–H and O–H groups in total. The summed E-state index contributed by atoms with van der Waals surface area (Å²) in [7, 11) is 1.55. The molecule has 116 valence electrons. The molecule has 1 amide bonds. The molecule has 0 saturated heterocycles. The summed E-state index contributed by atoms with van der Waals surface area (Å²) in [5.41, 5.74) is 8.25. The first-order valence-electron chi connectivity index (χ1n) is 7.43. The number of rotatable bonds is 6. The minimum Gasteiger partial charge on any atom is -0.494 e. The molecule has 0 aromatic heterocycles. The van der Waals surface area contributed by atoms with Gasteiger partial charge >= 0.3 is 0 Å². The Morgan fingerprint density at radius 3 is 2.95 bits per heavy atom. The highest BCUT2D eigenvalue weighted by Gasteiger charge is 2.25. The highest BCUT2D eigenvalue weighted by molar-refractivity contribution is 5.82. The van der Waals surface area contributed by atoms with Crippen LogP contribution in [-0.2, 0) is 22.5 Å². The van der Waals surface area contributed by atoms with Crippen LogP contribution in [-0.4, -0.2) is 43.7 Å². The molecule has 1 aliphatic rings. The maximum absolute atomic E-state index is 12.2. The van der Waals surface area contributed by atoms with Gasteiger partial charge in [0, 0.05) is 20.2 Å². The van der Waals surface area contributed by atoms with E-state index in [1.807, 2.05) is 12.1 Å². The van der Waals surface area contributed by atoms with E-state index in [4.69, 9.17) is 15.2 Å². The molecule has 1 atom stereocenters. The van der Waals surface area contributed by atoms with Crippen molar-refractivity contribution in [1.29, 1.82) is 0 Å². The number of fused-ring (bicyclic) bond motifs is 1. The lowest BCUT2D eigenvalue weighted by Gasteiger charge is -2.31. The number of hydrogen-bond donors (Lipinski definition) is 1. The zero-order valence-electron chi connectivity index (χ0n) is 12.8. The Hall–Kier alpha value is -1.59. The van der Waals surface area contributed by atoms with Crippen LogP contribution >= 0.6 is 0 Å². The van der Waals surface area contributed by atoms with Crippen molar-refractivity contribution in [1.82, 2.24) is 4.90 Å². The zero-order chi connectivity index (χ0) is 15.2. The van der Waals surface area contributed by atoms with Gasteiger partial charge < -0.3 is 20.1 Å². The number of nitrogens with zero attached hydrogens (tertiary/aromatic N) is 1. The molecule has 0 radical (unpaired) electrons. The Balaban J connectivity index is 2.02. The molecule has 1 unspecified atom stereocenters. The normalized spacial score (nSPS) is 15.5. The average molecular weight is 292 g/mol. The summed E-state index contributed by atoms with van der Waals surface area (Å²) in [6.07, 6.45) is 1.83. The summed E-state index contributed by atoms with van der Waals surface area (Å²) < 4.78 is 10.6. The van der Waals surface area contributed by atoms with Gasteiger partial charge in [0.25, 0.3) is 0 Å². The fourth-order valence-electron chi connectivity index (χ4n) is 2.51. The molecule has 0 fully saturated rings. The van der Waals surface area contributed by atoms with Gasteiger partial charge in [0.05, 0.1) is 13.2 Å². The van der Waals surface area contributed by atoms with Crippen LogP contribution in [0.15, 0.2) is 18.2 Å². The third kappa shape index (κ3) is 3.95. The van der Waals surface area contributed by atoms with Gasteiger partial charge in [-0.1, -0.05) is 13.0 Å². The zero-order valence-corrected chi connectivity index (χ0v) is 12.8. The van der Waals surface area contributed by atoms with E-state index in [0.717, 1.165) is 25.2 Å². The van der Waals surface area contributed by atoms with Crippen molar-refractivity contribution in [2.24, 2.45) is 5.73 Å². The summed E-state index contributed by atoms with van der Waals surface area (Å²) in [5, 5.41) is 0. The third-order valence-corrected chi connectivity index (χ3v) is 3.64. The van der Waals surface area contributed by atoms with Crippen LogP contribution in [0.1, 0.15) is 24.5 Å². The van der Waals surface area contributed by atoms with Crippen LogP contribution in [0.2, 0.25) is 0 Å². The van der Waals surface area contributed by atoms with Gasteiger partial charge in [-0.2, -0.15) is 0 Å². The maximum Gasteiger partial charge on any atom is 0.242 e. The average Bonchev–Trinajstić information content (AvgIpc) is 2.51. The van der Waals surface area contributed by atoms with Crippen LogP contribution in [0.4, 0.5) is 0 Å². The molecule has 0 spiro atoms. The molecular formula is C16H24N2O3. The van der Waals surface area contributed by atoms with E-state index < -0.39 is 6.04 Å². The molecule has 0 saturated carbocycles. The first kappa shape index (κ1) is 15.8. The van der Waals surface area contributed by atoms with Crippen molar-refractivity contribution >= 4 is 5.91 Å². The quantitative estimate of drug-likeness (QED) is 0.859. The van der Waals surface area contributed by atoms with Gasteiger partial charge in [-0.25, -0.2) is 0 Å². The van der Waals surface area contributed by atoms with E-state index in [2.05, 4.69) is 13.0 Å². The van der Waals surface area contributed by atoms with Crippen LogP contribution in [0.3, 0.4) is 0 Å². The van der Waals surface area contributed by atoms with Gasteiger partial charge in [0.1, 0.15) is 11.8 Å². The smallest absolute Gasteiger partial charge is 0.242 e. The minimum absolute atomic E-state index is 0.0474. The Labute approximate surface area is 126 Å². The summed E-state index contributed by atoms with van der Waals surface area (Å²) in [4.78, 5) is 14.0. The summed E-state index contributed by atoms with van der Waals surface area (Å²) in [5.74, 6) is 0.861. The Kier molecular flexibility index (Phi) is 5.59. The molecule has 0 aliphatic carbocycles. The van der Waals surface area contributed by atoms with E-state index in [-0.39, 0.29) is 12.5 Å². The minimum atomic E-state index is -0.580. The molecule has 1 aromatic carbocycles. The molecule has 2 rings (SSSR count). The second-order valence-electron chi connectivity index (χ2n) is 5.35. The van der Waals surface area contributed by atoms with E-state index in [1.54, 1.807) is 12.0 Å². The van der Waals surface area contributed by atoms with Gasteiger partial charge in [-0.05, 0) is 36.1 Å². The monoisotopic (exact) mass is 292 g/mol. The lowest BCUT2D eigenvalue weighted by atomic mass is 9.99. The van der Waals surface area contributed by atoms with Crippen molar-refractivity contribution in [2.45, 2.75) is 32.4 Å². The number of methoxy groups -OCH3 is 1. The number of benzene rings is 1. The van der Waals surface area contributed by atoms with Gasteiger partial charge in [-0.3, -0.25) is 4.79 Å². The predicted octanol–water partition coefficient (Wildman–Crippen LogP) is 1.33. The first-order chi connectivity index (χ1) is 10.2. The number of amides is 1. The SMILES string of the molecule is CCCOc1ccc2c(c1)CCN(C(=O)C(N)COC)C2. The number of ether oxygens (including phenoxy) is 2. The molecule has 5 nitrogen and oxygen atoms in total. The third-order valence-electron chi connectivity index (χ3n) is 3.64. The number of carbonyl (C=O) groups excluding carboxylic acids is 1. The molecule has 0 bridgehead atoms. The molecule has 5 heteroatoms. The molecular weight excluding hydrogens is 268 g/mol. The molecule has 21 heavy (non-hydrogen) atoms. The van der Waals surface area contributed by atoms with E-state index in [9.17, 15) is 4.79 Å². The summed E-state index contributed by atoms with van der Waals surface area (Å²) in [6, 6.07) is 5.52. The second kappa shape index (κ2) is 7.43. The summed E-state index contributed by atoms with van der Waals surface area (Å²) in [6.45, 7) is 4.38. The van der Waals surface area contributed by atoms with Crippen LogP contribution in [0.5, 0.6) is 5.75 Å². The highest BCUT2D eigenvalue weighted by Crippen LogP contribution is 2.24. The fraction of sp³-hybridized carbons (Fsp3) is 0.562. The van der Waals surface area contributed by atoms with Crippen LogP contribution in [0, 0.1) is 0 Å². The predicted molar refractivity (Wildman–Crippen MR) is 81.2 cm³/mol. The Morgan fingerprint density at radius 2 is 2.24 bits per heavy atom. The topological polar surface area (TPSA) is 64.8 Å².